The van der Waals surface area contributed by atoms with E-state index in [2.05, 4.69) is 515 Å². The summed E-state index contributed by atoms with van der Waals surface area (Å²) in [5, 5.41) is 0. The van der Waals surface area contributed by atoms with Crippen LogP contribution in [0, 0.1) is 11.8 Å². The van der Waals surface area contributed by atoms with Gasteiger partial charge in [0.2, 0.25) is 0 Å². The van der Waals surface area contributed by atoms with Crippen molar-refractivity contribution in [3.63, 3.8) is 0 Å². The molecule has 0 heterocycles. The zero-order valence-electron chi connectivity index (χ0n) is 76.7. The Morgan fingerprint density at radius 2 is 0.359 bits per heavy atom. The maximum Gasteiger partial charge on any atom is 0.0488 e. The van der Waals surface area contributed by atoms with Crippen molar-refractivity contribution in [1.82, 2.24) is 0 Å². The molecule has 23 rings (SSSR count). The number of anilines is 12. The van der Waals surface area contributed by atoms with Gasteiger partial charge in [0.15, 0.2) is 0 Å². The highest BCUT2D eigenvalue weighted by atomic mass is 15.2. The molecule has 131 heavy (non-hydrogen) atoms. The molecule has 634 valence electrons. The lowest BCUT2D eigenvalue weighted by Crippen LogP contribution is -2.37. The van der Waals surface area contributed by atoms with Gasteiger partial charge >= 0.3 is 0 Å². The molecule has 0 atom stereocenters. The number of rotatable bonds is 18. The van der Waals surface area contributed by atoms with Crippen LogP contribution in [0.4, 0.5) is 68.2 Å². The minimum absolute atomic E-state index is 0.162. The summed E-state index contributed by atoms with van der Waals surface area (Å²) in [5.41, 5.74) is 46.9. The first-order valence-corrected chi connectivity index (χ1v) is 46.8. The average molecular weight is 1690 g/mol. The van der Waals surface area contributed by atoms with Gasteiger partial charge in [-0.1, -0.05) is 350 Å². The third-order valence-corrected chi connectivity index (χ3v) is 30.3. The molecule has 0 N–H and O–H groups in total. The molecule has 0 radical (unpaired) electrons. The topological polar surface area (TPSA) is 13.0 Å². The Morgan fingerprint density at radius 1 is 0.145 bits per heavy atom. The number of fused-ring (bicyclic) bond motifs is 15. The second kappa shape index (κ2) is 30.7. The minimum Gasteiger partial charge on any atom is -0.310 e. The molecule has 0 saturated carbocycles. The van der Waals surface area contributed by atoms with Crippen LogP contribution >= 0.6 is 0 Å². The number of benzene rings is 18. The zero-order chi connectivity index (χ0) is 89.1. The molecule has 0 bridgehead atoms. The summed E-state index contributed by atoms with van der Waals surface area (Å²) in [6.07, 6.45) is 0. The van der Waals surface area contributed by atoms with Crippen LogP contribution in [0.3, 0.4) is 0 Å². The number of para-hydroxylation sites is 2. The fourth-order valence-electron chi connectivity index (χ4n) is 23.9. The van der Waals surface area contributed by atoms with E-state index in [9.17, 15) is 0 Å². The standard InChI is InChI=1S/C127H106N4/c1-81(2)127(82(3)4)121-73-87(89-69-99(128(91-41-21-15-22-42-91)95-57-63-107-103-47-25-29-51-113(103)123(5,6)117(107)77-95)75-101(71-89)130(93-45-33-39-85(67-93)83-35-17-13-18-36-83)97-59-65-109-105-49-27-31-53-115(105)125(9,10)119(109)79-97)55-61-111(121)112-62-56-88(74-122(112)127)90-70-100(129(92-43-23-16-24-44-92)96-58-64-108-104-48-26-30-52-114(104)124(7,8)118(108)78-96)76-102(72-90)131(94-46-34-40-86(68-94)84-37-19-14-20-38-84)98-60-66-110-106-50-28-32-54-116(106)126(11,12)120(110)80-98/h13-82H,1-12H3. The maximum atomic E-state index is 2.61. The molecule has 5 aliphatic carbocycles. The average Bonchev–Trinajstić information content (AvgIpc) is 1.66. The van der Waals surface area contributed by atoms with Crippen LogP contribution < -0.4 is 19.6 Å². The van der Waals surface area contributed by atoms with Crippen LogP contribution in [0.25, 0.3) is 100 Å². The van der Waals surface area contributed by atoms with Crippen molar-refractivity contribution in [2.75, 3.05) is 19.6 Å². The monoisotopic (exact) mass is 1690 g/mol. The van der Waals surface area contributed by atoms with Gasteiger partial charge in [-0.05, 0) is 313 Å². The highest BCUT2D eigenvalue weighted by Crippen LogP contribution is 2.62. The Kier molecular flexibility index (Phi) is 18.9. The van der Waals surface area contributed by atoms with Crippen LogP contribution in [-0.4, -0.2) is 0 Å². The Balaban J connectivity index is 0.734. The molecular formula is C127H106N4. The van der Waals surface area contributed by atoms with Gasteiger partial charge in [0, 0.05) is 95.3 Å². The second-order valence-corrected chi connectivity index (χ2v) is 39.6. The van der Waals surface area contributed by atoms with Gasteiger partial charge in [0.1, 0.15) is 0 Å². The van der Waals surface area contributed by atoms with E-state index in [1.54, 1.807) is 0 Å². The zero-order valence-corrected chi connectivity index (χ0v) is 76.7. The van der Waals surface area contributed by atoms with E-state index in [-0.39, 0.29) is 33.5 Å². The van der Waals surface area contributed by atoms with Crippen molar-refractivity contribution < 1.29 is 0 Å². The lowest BCUT2D eigenvalue weighted by molar-refractivity contribution is 0.280. The lowest BCUT2D eigenvalue weighted by Gasteiger charge is -2.40. The maximum absolute atomic E-state index is 2.61. The van der Waals surface area contributed by atoms with Crippen LogP contribution in [0.2, 0.25) is 0 Å². The Morgan fingerprint density at radius 3 is 0.656 bits per heavy atom. The molecule has 5 aliphatic rings. The third kappa shape index (κ3) is 12.8. The molecule has 4 nitrogen and oxygen atoms in total. The fourth-order valence-corrected chi connectivity index (χ4v) is 23.9. The second-order valence-electron chi connectivity index (χ2n) is 39.6. The van der Waals surface area contributed by atoms with Crippen molar-refractivity contribution in [2.24, 2.45) is 11.8 Å². The number of nitrogens with zero attached hydrogens (tertiary/aromatic N) is 4. The third-order valence-electron chi connectivity index (χ3n) is 30.3. The molecule has 0 amide bonds. The number of hydrogen-bond donors (Lipinski definition) is 0. The van der Waals surface area contributed by atoms with E-state index in [1.165, 1.54) is 122 Å². The first-order chi connectivity index (χ1) is 63.6. The molecule has 0 aromatic heterocycles. The van der Waals surface area contributed by atoms with Gasteiger partial charge < -0.3 is 19.6 Å². The molecule has 4 heteroatoms. The molecule has 0 unspecified atom stereocenters. The summed E-state index contributed by atoms with van der Waals surface area (Å²) in [7, 11) is 0. The smallest absolute Gasteiger partial charge is 0.0488 e. The first-order valence-electron chi connectivity index (χ1n) is 46.8. The van der Waals surface area contributed by atoms with Gasteiger partial charge in [-0.2, -0.15) is 0 Å². The van der Waals surface area contributed by atoms with E-state index in [0.717, 1.165) is 102 Å². The van der Waals surface area contributed by atoms with Crippen molar-refractivity contribution in [2.45, 2.75) is 110 Å². The Hall–Kier alpha value is -14.8. The van der Waals surface area contributed by atoms with Gasteiger partial charge in [-0.15, -0.1) is 0 Å². The van der Waals surface area contributed by atoms with Crippen molar-refractivity contribution in [3.8, 4) is 100 Å². The molecule has 0 fully saturated rings. The molecule has 18 aromatic rings. The summed E-state index contributed by atoms with van der Waals surface area (Å²) in [4.78, 5) is 10.1. The summed E-state index contributed by atoms with van der Waals surface area (Å²) < 4.78 is 0. The normalized spacial score (nSPS) is 14.5. The SMILES string of the molecule is CC(C)C1(C(C)C)c2cc(-c3cc(N(c4ccccc4)c4ccc5c(c4)C(C)(C)c4ccccc4-5)cc(N(c4cccc(-c5ccccc5)c4)c4ccc5c(c4)C(C)(C)c4ccccc4-5)c3)ccc2-c2ccc(-c3cc(N(c4ccccc4)c4ccc5c(c4)C(C)(C)c4ccccc4-5)cc(N(c4cccc(-c5ccccc5)c4)c4ccc5c(c4)C(C)(C)c4ccccc4-5)c3)cc21. The summed E-state index contributed by atoms with van der Waals surface area (Å²) in [6.45, 7) is 29.1. The molecule has 18 aromatic carbocycles. The Labute approximate surface area is 772 Å². The van der Waals surface area contributed by atoms with Gasteiger partial charge in [0.25, 0.3) is 0 Å². The number of hydrogen-bond acceptors (Lipinski definition) is 4. The van der Waals surface area contributed by atoms with Crippen molar-refractivity contribution in [1.29, 1.82) is 0 Å². The molecular weight excluding hydrogens is 1580 g/mol. The van der Waals surface area contributed by atoms with Gasteiger partial charge in [-0.25, -0.2) is 0 Å². The molecule has 0 aliphatic heterocycles. The largest absolute Gasteiger partial charge is 0.310 e. The van der Waals surface area contributed by atoms with Crippen molar-refractivity contribution >= 4 is 68.2 Å². The van der Waals surface area contributed by atoms with Crippen LogP contribution in [0.1, 0.15) is 139 Å². The fraction of sp³-hybridized carbons (Fsp3) is 0.150. The lowest BCUT2D eigenvalue weighted by atomic mass is 9.62. The first kappa shape index (κ1) is 80.7. The molecule has 0 saturated heterocycles. The quantitative estimate of drug-likeness (QED) is 0.0849. The van der Waals surface area contributed by atoms with Gasteiger partial charge in [-0.3, -0.25) is 0 Å². The van der Waals surface area contributed by atoms with E-state index in [4.69, 9.17) is 0 Å². The van der Waals surface area contributed by atoms with Crippen molar-refractivity contribution in [3.05, 3.63) is 468 Å². The minimum atomic E-state index is -0.454. The predicted molar refractivity (Wildman–Crippen MR) is 553 cm³/mol. The summed E-state index contributed by atoms with van der Waals surface area (Å²) in [5.74, 6) is 0.323. The van der Waals surface area contributed by atoms with Gasteiger partial charge in [0.05, 0.1) is 0 Å². The van der Waals surface area contributed by atoms with E-state index in [1.807, 2.05) is 0 Å². The predicted octanol–water partition coefficient (Wildman–Crippen LogP) is 35.0. The van der Waals surface area contributed by atoms with Crippen LogP contribution in [0.15, 0.2) is 413 Å². The summed E-state index contributed by atoms with van der Waals surface area (Å²) >= 11 is 0. The highest BCUT2D eigenvalue weighted by molar-refractivity contribution is 5.98. The van der Waals surface area contributed by atoms with E-state index < -0.39 is 5.41 Å². The molecule has 0 spiro atoms. The van der Waals surface area contributed by atoms with E-state index >= 15 is 0 Å². The Bertz CT molecular complexity index is 7160. The van der Waals surface area contributed by atoms with Crippen LogP contribution in [0.5, 0.6) is 0 Å². The highest BCUT2D eigenvalue weighted by Gasteiger charge is 2.49. The summed E-state index contributed by atoms with van der Waals surface area (Å²) in [6, 6.07) is 157. The van der Waals surface area contributed by atoms with E-state index in [0.29, 0.717) is 0 Å². The van der Waals surface area contributed by atoms with Crippen LogP contribution in [-0.2, 0) is 27.1 Å².